The number of anilines is 1. The molecule has 1 aromatic carbocycles. The Morgan fingerprint density at radius 1 is 1.53 bits per heavy atom. The summed E-state index contributed by atoms with van der Waals surface area (Å²) in [5.74, 6) is -0.0456. The van der Waals surface area contributed by atoms with Gasteiger partial charge >= 0.3 is 0 Å². The summed E-state index contributed by atoms with van der Waals surface area (Å²) in [7, 11) is 0. The SMILES string of the molecule is O=C(CC1CNCCO1)Nc1cccc2cn[nH]c12. The summed E-state index contributed by atoms with van der Waals surface area (Å²) < 4.78 is 5.52. The van der Waals surface area contributed by atoms with Gasteiger partial charge in [0.05, 0.1) is 36.5 Å². The number of carbonyl (C=O) groups is 1. The Kier molecular flexibility index (Phi) is 3.43. The van der Waals surface area contributed by atoms with Crippen LogP contribution in [0.1, 0.15) is 6.42 Å². The van der Waals surface area contributed by atoms with Crippen molar-refractivity contribution in [1.29, 1.82) is 0 Å². The number of aromatic amines is 1. The minimum atomic E-state index is -0.0466. The molecule has 6 heteroatoms. The number of carbonyl (C=O) groups excluding carboxylic acids is 1. The molecule has 1 aliphatic rings. The number of aromatic nitrogens is 2. The van der Waals surface area contributed by atoms with Crippen LogP contribution in [0.15, 0.2) is 24.4 Å². The number of H-pyrrole nitrogens is 1. The highest BCUT2D eigenvalue weighted by Crippen LogP contribution is 2.20. The number of hydrogen-bond acceptors (Lipinski definition) is 4. The number of para-hydroxylation sites is 1. The highest BCUT2D eigenvalue weighted by Gasteiger charge is 2.17. The molecule has 1 atom stereocenters. The van der Waals surface area contributed by atoms with Crippen molar-refractivity contribution in [3.8, 4) is 0 Å². The predicted octanol–water partition coefficient (Wildman–Crippen LogP) is 0.880. The van der Waals surface area contributed by atoms with Gasteiger partial charge in [0.2, 0.25) is 5.91 Å². The first-order valence-corrected chi connectivity index (χ1v) is 6.37. The summed E-state index contributed by atoms with van der Waals surface area (Å²) in [5, 5.41) is 14.0. The van der Waals surface area contributed by atoms with E-state index in [1.54, 1.807) is 6.20 Å². The molecule has 1 fully saturated rings. The van der Waals surface area contributed by atoms with Crippen LogP contribution in [0.4, 0.5) is 5.69 Å². The Hall–Kier alpha value is -1.92. The highest BCUT2D eigenvalue weighted by molar-refractivity contribution is 6.00. The number of rotatable bonds is 3. The van der Waals surface area contributed by atoms with Crippen LogP contribution in [0.2, 0.25) is 0 Å². The molecule has 1 amide bonds. The highest BCUT2D eigenvalue weighted by atomic mass is 16.5. The lowest BCUT2D eigenvalue weighted by Gasteiger charge is -2.23. The summed E-state index contributed by atoms with van der Waals surface area (Å²) in [4.78, 5) is 12.0. The molecule has 3 N–H and O–H groups in total. The Labute approximate surface area is 110 Å². The van der Waals surface area contributed by atoms with E-state index in [2.05, 4.69) is 20.8 Å². The zero-order chi connectivity index (χ0) is 13.1. The van der Waals surface area contributed by atoms with Gasteiger partial charge in [-0.3, -0.25) is 9.89 Å². The molecule has 6 nitrogen and oxygen atoms in total. The quantitative estimate of drug-likeness (QED) is 0.765. The number of hydrogen-bond donors (Lipinski definition) is 3. The van der Waals surface area contributed by atoms with Crippen LogP contribution >= 0.6 is 0 Å². The minimum Gasteiger partial charge on any atom is -0.375 e. The molecule has 0 bridgehead atoms. The van der Waals surface area contributed by atoms with Crippen molar-refractivity contribution < 1.29 is 9.53 Å². The predicted molar refractivity (Wildman–Crippen MR) is 72.0 cm³/mol. The van der Waals surface area contributed by atoms with Gasteiger partial charge in [-0.1, -0.05) is 12.1 Å². The maximum atomic E-state index is 12.0. The second kappa shape index (κ2) is 5.38. The van der Waals surface area contributed by atoms with Crippen molar-refractivity contribution in [2.24, 2.45) is 0 Å². The monoisotopic (exact) mass is 260 g/mol. The molecule has 1 unspecified atom stereocenters. The molecular weight excluding hydrogens is 244 g/mol. The molecule has 3 rings (SSSR count). The third-order valence-corrected chi connectivity index (χ3v) is 3.17. The smallest absolute Gasteiger partial charge is 0.227 e. The van der Waals surface area contributed by atoms with E-state index >= 15 is 0 Å². The summed E-state index contributed by atoms with van der Waals surface area (Å²) in [6.45, 7) is 2.24. The summed E-state index contributed by atoms with van der Waals surface area (Å²) in [6.07, 6.45) is 2.05. The lowest BCUT2D eigenvalue weighted by atomic mass is 10.2. The molecule has 1 aliphatic heterocycles. The van der Waals surface area contributed by atoms with Gasteiger partial charge in [0.15, 0.2) is 0 Å². The molecule has 1 aromatic heterocycles. The number of morpholine rings is 1. The van der Waals surface area contributed by atoms with Gasteiger partial charge in [0, 0.05) is 18.5 Å². The van der Waals surface area contributed by atoms with Crippen molar-refractivity contribution in [2.75, 3.05) is 25.0 Å². The van der Waals surface area contributed by atoms with Crippen LogP contribution in [0, 0.1) is 0 Å². The summed E-state index contributed by atoms with van der Waals surface area (Å²) in [6, 6.07) is 5.70. The van der Waals surface area contributed by atoms with Crippen molar-refractivity contribution in [1.82, 2.24) is 15.5 Å². The van der Waals surface area contributed by atoms with E-state index in [1.807, 2.05) is 18.2 Å². The number of nitrogens with one attached hydrogen (secondary N) is 3. The summed E-state index contributed by atoms with van der Waals surface area (Å²) >= 11 is 0. The molecule has 0 saturated carbocycles. The molecule has 2 aromatic rings. The summed E-state index contributed by atoms with van der Waals surface area (Å²) in [5.41, 5.74) is 1.60. The third-order valence-electron chi connectivity index (χ3n) is 3.17. The number of nitrogens with zero attached hydrogens (tertiary/aromatic N) is 1. The van der Waals surface area contributed by atoms with Crippen LogP contribution in [0.5, 0.6) is 0 Å². The molecule has 1 saturated heterocycles. The minimum absolute atomic E-state index is 0.0456. The lowest BCUT2D eigenvalue weighted by molar-refractivity contribution is -0.119. The molecule has 2 heterocycles. The van der Waals surface area contributed by atoms with Crippen LogP contribution in [-0.4, -0.2) is 41.9 Å². The van der Waals surface area contributed by atoms with Crippen molar-refractivity contribution in [3.63, 3.8) is 0 Å². The molecule has 100 valence electrons. The van der Waals surface area contributed by atoms with Gasteiger partial charge in [-0.05, 0) is 6.07 Å². The van der Waals surface area contributed by atoms with Crippen LogP contribution < -0.4 is 10.6 Å². The van der Waals surface area contributed by atoms with Gasteiger partial charge in [-0.2, -0.15) is 5.10 Å². The number of ether oxygens (including phenoxy) is 1. The standard InChI is InChI=1S/C13H16N4O2/c18-12(6-10-8-14-4-5-19-10)16-11-3-1-2-9-7-15-17-13(9)11/h1-3,7,10,14H,4-6,8H2,(H,15,17)(H,16,18). The van der Waals surface area contributed by atoms with E-state index in [4.69, 9.17) is 4.74 Å². The molecule has 0 spiro atoms. The number of amides is 1. The van der Waals surface area contributed by atoms with Crippen molar-refractivity contribution in [3.05, 3.63) is 24.4 Å². The maximum Gasteiger partial charge on any atom is 0.227 e. The Morgan fingerprint density at radius 3 is 3.32 bits per heavy atom. The van der Waals surface area contributed by atoms with Gasteiger partial charge in [0.1, 0.15) is 0 Å². The zero-order valence-electron chi connectivity index (χ0n) is 10.5. The van der Waals surface area contributed by atoms with E-state index in [-0.39, 0.29) is 12.0 Å². The van der Waals surface area contributed by atoms with E-state index in [0.29, 0.717) is 13.0 Å². The van der Waals surface area contributed by atoms with Crippen molar-refractivity contribution >= 4 is 22.5 Å². The maximum absolute atomic E-state index is 12.0. The fourth-order valence-corrected chi connectivity index (χ4v) is 2.23. The molecule has 19 heavy (non-hydrogen) atoms. The van der Waals surface area contributed by atoms with Gasteiger partial charge in [0.25, 0.3) is 0 Å². The number of fused-ring (bicyclic) bond motifs is 1. The van der Waals surface area contributed by atoms with E-state index in [0.717, 1.165) is 29.7 Å². The molecule has 0 radical (unpaired) electrons. The average molecular weight is 260 g/mol. The first kappa shape index (κ1) is 12.1. The topological polar surface area (TPSA) is 79.0 Å². The third kappa shape index (κ3) is 2.74. The van der Waals surface area contributed by atoms with E-state index < -0.39 is 0 Å². The second-order valence-corrected chi connectivity index (χ2v) is 4.59. The zero-order valence-corrected chi connectivity index (χ0v) is 10.5. The first-order valence-electron chi connectivity index (χ1n) is 6.37. The first-order chi connectivity index (χ1) is 9.33. The number of benzene rings is 1. The van der Waals surface area contributed by atoms with E-state index in [1.165, 1.54) is 0 Å². The molecular formula is C13H16N4O2. The average Bonchev–Trinajstić information content (AvgIpc) is 2.89. The van der Waals surface area contributed by atoms with Gasteiger partial charge < -0.3 is 15.4 Å². The fraction of sp³-hybridized carbons (Fsp3) is 0.385. The fourth-order valence-electron chi connectivity index (χ4n) is 2.23. The van der Waals surface area contributed by atoms with Gasteiger partial charge in [-0.25, -0.2) is 0 Å². The van der Waals surface area contributed by atoms with Crippen LogP contribution in [0.25, 0.3) is 10.9 Å². The largest absolute Gasteiger partial charge is 0.375 e. The van der Waals surface area contributed by atoms with Crippen LogP contribution in [0.3, 0.4) is 0 Å². The Morgan fingerprint density at radius 2 is 2.47 bits per heavy atom. The van der Waals surface area contributed by atoms with E-state index in [9.17, 15) is 4.79 Å². The van der Waals surface area contributed by atoms with Crippen LogP contribution in [-0.2, 0) is 9.53 Å². The van der Waals surface area contributed by atoms with Gasteiger partial charge in [-0.15, -0.1) is 0 Å². The lowest BCUT2D eigenvalue weighted by Crippen LogP contribution is -2.40. The normalized spacial score (nSPS) is 19.5. The Bertz CT molecular complexity index is 575. The van der Waals surface area contributed by atoms with Crippen molar-refractivity contribution in [2.45, 2.75) is 12.5 Å². The Balaban J connectivity index is 1.67. The molecule has 0 aliphatic carbocycles. The second-order valence-electron chi connectivity index (χ2n) is 4.59.